The van der Waals surface area contributed by atoms with E-state index in [9.17, 15) is 9.59 Å². The van der Waals surface area contributed by atoms with E-state index in [-0.39, 0.29) is 11.5 Å². The highest BCUT2D eigenvalue weighted by atomic mass is 16.5. The highest BCUT2D eigenvalue weighted by molar-refractivity contribution is 6.07. The van der Waals surface area contributed by atoms with E-state index in [0.29, 0.717) is 22.8 Å². The number of carbonyl (C=O) groups is 1. The standard InChI is InChI=1S/C16H15NO5/c1-21-15-6-3-10(7-16(15)22-2)12(18)5-4-11-8-13(19)14(20)9-17-11/h3-9,20H,1-2H3,(H,17,19)/b5-4+. The van der Waals surface area contributed by atoms with Gasteiger partial charge in [0.2, 0.25) is 5.43 Å². The lowest BCUT2D eigenvalue weighted by Gasteiger charge is -2.07. The van der Waals surface area contributed by atoms with Crippen LogP contribution in [0, 0.1) is 0 Å². The molecule has 0 unspecified atom stereocenters. The van der Waals surface area contributed by atoms with Crippen molar-refractivity contribution in [2.45, 2.75) is 0 Å². The Hall–Kier alpha value is -3.02. The van der Waals surface area contributed by atoms with Crippen LogP contribution < -0.4 is 14.9 Å². The molecule has 6 heteroatoms. The molecule has 0 saturated carbocycles. The van der Waals surface area contributed by atoms with Gasteiger partial charge in [0, 0.05) is 23.5 Å². The van der Waals surface area contributed by atoms with E-state index in [0.717, 1.165) is 0 Å². The average molecular weight is 301 g/mol. The van der Waals surface area contributed by atoms with E-state index in [1.165, 1.54) is 38.6 Å². The van der Waals surface area contributed by atoms with Gasteiger partial charge in [0.15, 0.2) is 23.0 Å². The number of methoxy groups -OCH3 is 2. The van der Waals surface area contributed by atoms with Crippen molar-refractivity contribution in [1.29, 1.82) is 0 Å². The second-order valence-corrected chi connectivity index (χ2v) is 4.41. The van der Waals surface area contributed by atoms with Crippen LogP contribution in [-0.2, 0) is 0 Å². The number of pyridine rings is 1. The number of allylic oxidation sites excluding steroid dienone is 1. The number of aromatic hydroxyl groups is 1. The van der Waals surface area contributed by atoms with Crippen LogP contribution >= 0.6 is 0 Å². The van der Waals surface area contributed by atoms with Crippen LogP contribution in [0.15, 0.2) is 41.3 Å². The minimum atomic E-state index is -0.517. The van der Waals surface area contributed by atoms with E-state index in [2.05, 4.69) is 4.98 Å². The Morgan fingerprint density at radius 1 is 1.18 bits per heavy atom. The first kappa shape index (κ1) is 15.4. The SMILES string of the molecule is COc1ccc(C(=O)/C=C/c2cc(=O)c(O)c[nH]2)cc1OC. The number of carbonyl (C=O) groups excluding carboxylic acids is 1. The van der Waals surface area contributed by atoms with E-state index >= 15 is 0 Å². The minimum absolute atomic E-state index is 0.255. The van der Waals surface area contributed by atoms with Gasteiger partial charge in [0.25, 0.3) is 0 Å². The topological polar surface area (TPSA) is 88.6 Å². The molecule has 1 heterocycles. The zero-order valence-corrected chi connectivity index (χ0v) is 12.1. The fraction of sp³-hybridized carbons (Fsp3) is 0.125. The molecule has 2 aromatic rings. The van der Waals surface area contributed by atoms with E-state index in [1.54, 1.807) is 18.2 Å². The van der Waals surface area contributed by atoms with Crippen molar-refractivity contribution in [3.05, 3.63) is 58.0 Å². The summed E-state index contributed by atoms with van der Waals surface area (Å²) in [6, 6.07) is 6.04. The van der Waals surface area contributed by atoms with Crippen molar-refractivity contribution in [1.82, 2.24) is 4.98 Å². The molecule has 0 aliphatic rings. The van der Waals surface area contributed by atoms with Crippen LogP contribution in [0.2, 0.25) is 0 Å². The summed E-state index contributed by atoms with van der Waals surface area (Å²) in [5.74, 6) is 0.365. The molecule has 1 aromatic carbocycles. The first-order valence-electron chi connectivity index (χ1n) is 6.41. The van der Waals surface area contributed by atoms with Crippen LogP contribution in [0.1, 0.15) is 16.1 Å². The molecule has 0 fully saturated rings. The van der Waals surface area contributed by atoms with Crippen molar-refractivity contribution in [2.24, 2.45) is 0 Å². The number of aromatic nitrogens is 1. The van der Waals surface area contributed by atoms with Crippen molar-refractivity contribution >= 4 is 11.9 Å². The maximum atomic E-state index is 12.1. The second kappa shape index (κ2) is 6.62. The van der Waals surface area contributed by atoms with Crippen LogP contribution in [0.4, 0.5) is 0 Å². The molecule has 22 heavy (non-hydrogen) atoms. The minimum Gasteiger partial charge on any atom is -0.503 e. The Morgan fingerprint density at radius 3 is 2.55 bits per heavy atom. The fourth-order valence-corrected chi connectivity index (χ4v) is 1.83. The van der Waals surface area contributed by atoms with Crippen molar-refractivity contribution in [2.75, 3.05) is 14.2 Å². The number of H-pyrrole nitrogens is 1. The van der Waals surface area contributed by atoms with Crippen molar-refractivity contribution < 1.29 is 19.4 Å². The van der Waals surface area contributed by atoms with E-state index in [4.69, 9.17) is 14.6 Å². The predicted molar refractivity (Wildman–Crippen MR) is 81.6 cm³/mol. The molecule has 0 spiro atoms. The molecule has 0 amide bonds. The lowest BCUT2D eigenvalue weighted by molar-refractivity contribution is 0.104. The molecular formula is C16H15NO5. The van der Waals surface area contributed by atoms with Gasteiger partial charge in [-0.15, -0.1) is 0 Å². The number of nitrogens with one attached hydrogen (secondary N) is 1. The Bertz CT molecular complexity index is 776. The lowest BCUT2D eigenvalue weighted by Crippen LogP contribution is -2.01. The van der Waals surface area contributed by atoms with Gasteiger partial charge in [0.05, 0.1) is 14.2 Å². The summed E-state index contributed by atoms with van der Waals surface area (Å²) >= 11 is 0. The highest BCUT2D eigenvalue weighted by Gasteiger charge is 2.08. The van der Waals surface area contributed by atoms with Gasteiger partial charge in [-0.05, 0) is 30.4 Å². The number of aromatic amines is 1. The fourth-order valence-electron chi connectivity index (χ4n) is 1.83. The van der Waals surface area contributed by atoms with E-state index in [1.807, 2.05) is 0 Å². The number of ether oxygens (including phenoxy) is 2. The molecule has 0 aliphatic carbocycles. The van der Waals surface area contributed by atoms with Gasteiger partial charge in [-0.1, -0.05) is 0 Å². The molecule has 114 valence electrons. The largest absolute Gasteiger partial charge is 0.503 e. The number of hydrogen-bond acceptors (Lipinski definition) is 5. The molecule has 1 aromatic heterocycles. The molecular weight excluding hydrogens is 286 g/mol. The van der Waals surface area contributed by atoms with Crippen molar-refractivity contribution in [3.63, 3.8) is 0 Å². The zero-order chi connectivity index (χ0) is 16.1. The predicted octanol–water partition coefficient (Wildman–Crippen LogP) is 1.99. The Labute approximate surface area is 126 Å². The second-order valence-electron chi connectivity index (χ2n) is 4.41. The summed E-state index contributed by atoms with van der Waals surface area (Å²) in [6.45, 7) is 0. The summed E-state index contributed by atoms with van der Waals surface area (Å²) in [6.07, 6.45) is 3.95. The maximum absolute atomic E-state index is 12.1. The zero-order valence-electron chi connectivity index (χ0n) is 12.1. The van der Waals surface area contributed by atoms with Crippen LogP contribution in [-0.4, -0.2) is 30.1 Å². The Kier molecular flexibility index (Phi) is 4.63. The first-order valence-corrected chi connectivity index (χ1v) is 6.41. The quantitative estimate of drug-likeness (QED) is 0.651. The van der Waals surface area contributed by atoms with Gasteiger partial charge in [-0.3, -0.25) is 9.59 Å². The normalized spacial score (nSPS) is 10.6. The maximum Gasteiger partial charge on any atom is 0.223 e. The van der Waals surface area contributed by atoms with Gasteiger partial charge in [0.1, 0.15) is 0 Å². The van der Waals surface area contributed by atoms with E-state index < -0.39 is 5.43 Å². The summed E-state index contributed by atoms with van der Waals surface area (Å²) < 4.78 is 10.2. The van der Waals surface area contributed by atoms with Gasteiger partial charge >= 0.3 is 0 Å². The summed E-state index contributed by atoms with van der Waals surface area (Å²) in [5.41, 5.74) is 0.323. The molecule has 0 atom stereocenters. The van der Waals surface area contributed by atoms with Gasteiger partial charge < -0.3 is 19.6 Å². The number of benzene rings is 1. The molecule has 2 N–H and O–H groups in total. The third kappa shape index (κ3) is 3.35. The third-order valence-electron chi connectivity index (χ3n) is 3.00. The van der Waals surface area contributed by atoms with Crippen LogP contribution in [0.25, 0.3) is 6.08 Å². The molecule has 0 bridgehead atoms. The first-order chi connectivity index (χ1) is 10.5. The Balaban J connectivity index is 2.23. The summed E-state index contributed by atoms with van der Waals surface area (Å²) in [7, 11) is 3.00. The molecule has 6 nitrogen and oxygen atoms in total. The number of ketones is 1. The molecule has 0 aliphatic heterocycles. The molecule has 2 rings (SSSR count). The smallest absolute Gasteiger partial charge is 0.223 e. The monoisotopic (exact) mass is 301 g/mol. The average Bonchev–Trinajstić information content (AvgIpc) is 2.54. The van der Waals surface area contributed by atoms with Crippen LogP contribution in [0.3, 0.4) is 0 Å². The lowest BCUT2D eigenvalue weighted by atomic mass is 10.1. The van der Waals surface area contributed by atoms with Gasteiger partial charge in [-0.2, -0.15) is 0 Å². The Morgan fingerprint density at radius 2 is 1.91 bits per heavy atom. The van der Waals surface area contributed by atoms with Crippen molar-refractivity contribution in [3.8, 4) is 17.2 Å². The number of hydrogen-bond donors (Lipinski definition) is 2. The molecule has 0 saturated heterocycles. The van der Waals surface area contributed by atoms with Gasteiger partial charge in [-0.25, -0.2) is 0 Å². The number of rotatable bonds is 5. The van der Waals surface area contributed by atoms with Crippen LogP contribution in [0.5, 0.6) is 17.2 Å². The third-order valence-corrected chi connectivity index (χ3v) is 3.00. The highest BCUT2D eigenvalue weighted by Crippen LogP contribution is 2.27. The molecule has 0 radical (unpaired) electrons. The summed E-state index contributed by atoms with van der Waals surface area (Å²) in [5, 5.41) is 9.15. The summed E-state index contributed by atoms with van der Waals surface area (Å²) in [4.78, 5) is 26.1.